The van der Waals surface area contributed by atoms with E-state index in [4.69, 9.17) is 21.7 Å². The van der Waals surface area contributed by atoms with Gasteiger partial charge in [-0.3, -0.25) is 0 Å². The Morgan fingerprint density at radius 2 is 1.83 bits per heavy atom. The summed E-state index contributed by atoms with van der Waals surface area (Å²) in [5.41, 5.74) is 1.90. The average Bonchev–Trinajstić information content (AvgIpc) is 2.58. The zero-order valence-corrected chi connectivity index (χ0v) is 14.4. The van der Waals surface area contributed by atoms with Crippen LogP contribution < -0.4 is 15.4 Å². The Bertz CT molecular complexity index is 684. The fourth-order valence-corrected chi connectivity index (χ4v) is 2.55. The molecule has 1 aliphatic heterocycles. The van der Waals surface area contributed by atoms with Gasteiger partial charge in [-0.2, -0.15) is 0 Å². The normalized spacial score (nSPS) is 16.8. The van der Waals surface area contributed by atoms with Crippen LogP contribution in [0.1, 0.15) is 18.5 Å². The second-order valence-corrected chi connectivity index (χ2v) is 5.40. The van der Waals surface area contributed by atoms with Crippen LogP contribution in [0.5, 0.6) is 5.75 Å². The monoisotopic (exact) mass is 350 g/mol. The van der Waals surface area contributed by atoms with Crippen LogP contribution in [0.15, 0.2) is 35.5 Å². The van der Waals surface area contributed by atoms with Crippen molar-refractivity contribution in [1.82, 2.24) is 10.6 Å². The van der Waals surface area contributed by atoms with Crippen LogP contribution in [-0.2, 0) is 19.1 Å². The van der Waals surface area contributed by atoms with E-state index in [1.807, 2.05) is 0 Å². The lowest BCUT2D eigenvalue weighted by Gasteiger charge is -2.29. The summed E-state index contributed by atoms with van der Waals surface area (Å²) in [4.78, 5) is 23.2. The molecular formula is C16H18N2O5S. The molecule has 2 rings (SSSR count). The Morgan fingerprint density at radius 1 is 1.17 bits per heavy atom. The molecule has 128 valence electrons. The summed E-state index contributed by atoms with van der Waals surface area (Å²) in [6.07, 6.45) is 0. The van der Waals surface area contributed by atoms with Crippen LogP contribution in [0.2, 0.25) is 0 Å². The minimum absolute atomic E-state index is 0.169. The van der Waals surface area contributed by atoms with E-state index >= 15 is 0 Å². The third-order valence-corrected chi connectivity index (χ3v) is 3.69. The number of hydrogen-bond acceptors (Lipinski definition) is 6. The molecule has 7 nitrogen and oxygen atoms in total. The Kier molecular flexibility index (Phi) is 5.75. The number of methoxy groups -OCH3 is 2. The molecule has 8 heteroatoms. The number of esters is 2. The third-order valence-electron chi connectivity index (χ3n) is 3.47. The first-order chi connectivity index (χ1) is 11.5. The molecule has 1 aromatic rings. The molecule has 0 saturated carbocycles. The lowest BCUT2D eigenvalue weighted by Crippen LogP contribution is -2.45. The van der Waals surface area contributed by atoms with Crippen LogP contribution in [0.25, 0.3) is 0 Å². The smallest absolute Gasteiger partial charge is 0.343 e. The molecule has 1 atom stereocenters. The maximum Gasteiger partial charge on any atom is 0.343 e. The van der Waals surface area contributed by atoms with E-state index in [9.17, 15) is 9.59 Å². The first-order valence-corrected chi connectivity index (χ1v) is 7.53. The van der Waals surface area contributed by atoms with Gasteiger partial charge in [0.15, 0.2) is 11.7 Å². The van der Waals surface area contributed by atoms with Crippen LogP contribution >= 0.6 is 12.2 Å². The van der Waals surface area contributed by atoms with E-state index < -0.39 is 18.0 Å². The molecule has 0 fully saturated rings. The first kappa shape index (κ1) is 17.7. The maximum absolute atomic E-state index is 12.1. The minimum atomic E-state index is -0.462. The van der Waals surface area contributed by atoms with Crippen LogP contribution in [0.3, 0.4) is 0 Å². The molecule has 0 spiro atoms. The second kappa shape index (κ2) is 7.78. The molecule has 0 aliphatic carbocycles. The van der Waals surface area contributed by atoms with Gasteiger partial charge >= 0.3 is 11.9 Å². The number of hydrogen-bond donors (Lipinski definition) is 2. The number of benzene rings is 1. The van der Waals surface area contributed by atoms with Gasteiger partial charge in [0.1, 0.15) is 5.75 Å². The summed E-state index contributed by atoms with van der Waals surface area (Å²) >= 11 is 5.16. The van der Waals surface area contributed by atoms with Crippen LogP contribution in [0.4, 0.5) is 0 Å². The molecular weight excluding hydrogens is 332 g/mol. The molecule has 0 aromatic heterocycles. The molecule has 1 aliphatic rings. The highest BCUT2D eigenvalue weighted by atomic mass is 32.1. The lowest BCUT2D eigenvalue weighted by molar-refractivity contribution is -0.143. The van der Waals surface area contributed by atoms with Gasteiger partial charge in [0.2, 0.25) is 0 Å². The van der Waals surface area contributed by atoms with Gasteiger partial charge < -0.3 is 24.8 Å². The van der Waals surface area contributed by atoms with E-state index in [1.165, 1.54) is 14.2 Å². The summed E-state index contributed by atoms with van der Waals surface area (Å²) in [6.45, 7) is 1.60. The van der Waals surface area contributed by atoms with Crippen molar-refractivity contribution in [2.45, 2.75) is 13.0 Å². The van der Waals surface area contributed by atoms with Crippen molar-refractivity contribution in [1.29, 1.82) is 0 Å². The molecule has 0 amide bonds. The molecule has 0 bridgehead atoms. The Morgan fingerprint density at radius 3 is 2.42 bits per heavy atom. The molecule has 2 N–H and O–H groups in total. The highest BCUT2D eigenvalue weighted by Gasteiger charge is 2.30. The minimum Gasteiger partial charge on any atom is -0.482 e. The van der Waals surface area contributed by atoms with Crippen molar-refractivity contribution in [2.75, 3.05) is 20.8 Å². The summed E-state index contributed by atoms with van der Waals surface area (Å²) in [6, 6.07) is 6.55. The van der Waals surface area contributed by atoms with Crippen LogP contribution in [-0.4, -0.2) is 37.9 Å². The van der Waals surface area contributed by atoms with Gasteiger partial charge in [-0.25, -0.2) is 9.59 Å². The predicted octanol–water partition coefficient (Wildman–Crippen LogP) is 1.20. The number of rotatable bonds is 5. The highest BCUT2D eigenvalue weighted by Crippen LogP contribution is 2.28. The molecule has 0 radical (unpaired) electrons. The van der Waals surface area contributed by atoms with Crippen molar-refractivity contribution in [3.63, 3.8) is 0 Å². The van der Waals surface area contributed by atoms with Gasteiger partial charge in [-0.15, -0.1) is 0 Å². The second-order valence-electron chi connectivity index (χ2n) is 5.00. The summed E-state index contributed by atoms with van der Waals surface area (Å²) < 4.78 is 14.7. The number of allylic oxidation sites excluding steroid dienone is 1. The number of nitrogens with one attached hydrogen (secondary N) is 2. The number of carbonyl (C=O) groups excluding carboxylic acids is 2. The zero-order valence-electron chi connectivity index (χ0n) is 13.5. The van der Waals surface area contributed by atoms with Gasteiger partial charge in [-0.1, -0.05) is 12.1 Å². The number of carbonyl (C=O) groups is 2. The maximum atomic E-state index is 12.1. The third kappa shape index (κ3) is 4.02. The molecule has 0 unspecified atom stereocenters. The summed E-state index contributed by atoms with van der Waals surface area (Å²) in [5, 5.41) is 6.40. The zero-order chi connectivity index (χ0) is 17.7. The van der Waals surface area contributed by atoms with Crippen molar-refractivity contribution in [3.8, 4) is 5.75 Å². The van der Waals surface area contributed by atoms with E-state index in [0.29, 0.717) is 22.1 Å². The van der Waals surface area contributed by atoms with Crippen molar-refractivity contribution in [3.05, 3.63) is 41.1 Å². The van der Waals surface area contributed by atoms with Crippen molar-refractivity contribution in [2.24, 2.45) is 0 Å². The SMILES string of the molecule is COC(=O)COc1ccc([C@H]2NC(=S)NC(C)=C2C(=O)OC)cc1. The molecule has 24 heavy (non-hydrogen) atoms. The van der Waals surface area contributed by atoms with E-state index in [2.05, 4.69) is 15.4 Å². The lowest BCUT2D eigenvalue weighted by atomic mass is 9.95. The van der Waals surface area contributed by atoms with Gasteiger partial charge in [0.25, 0.3) is 0 Å². The van der Waals surface area contributed by atoms with Gasteiger partial charge in [0.05, 0.1) is 25.8 Å². The summed E-state index contributed by atoms with van der Waals surface area (Å²) in [5.74, 6) is -0.386. The van der Waals surface area contributed by atoms with Gasteiger partial charge in [-0.05, 0) is 36.8 Å². The van der Waals surface area contributed by atoms with E-state index in [0.717, 1.165) is 5.56 Å². The molecule has 1 heterocycles. The Hall–Kier alpha value is -2.61. The standard InChI is InChI=1S/C16H18N2O5S/c1-9-13(15(20)22-3)14(18-16(24)17-9)10-4-6-11(7-5-10)23-8-12(19)21-2/h4-7,14H,8H2,1-3H3,(H2,17,18,24)/t14-/m1/s1. The van der Waals surface area contributed by atoms with Crippen molar-refractivity contribution >= 4 is 29.3 Å². The largest absolute Gasteiger partial charge is 0.482 e. The van der Waals surface area contributed by atoms with E-state index in [1.54, 1.807) is 31.2 Å². The fraction of sp³-hybridized carbons (Fsp3) is 0.312. The van der Waals surface area contributed by atoms with Gasteiger partial charge in [0, 0.05) is 5.70 Å². The summed E-state index contributed by atoms with van der Waals surface area (Å²) in [7, 11) is 2.62. The first-order valence-electron chi connectivity index (χ1n) is 7.12. The Labute approximate surface area is 145 Å². The fourth-order valence-electron chi connectivity index (χ4n) is 2.28. The van der Waals surface area contributed by atoms with Crippen LogP contribution in [0, 0.1) is 0 Å². The molecule has 1 aromatic carbocycles. The predicted molar refractivity (Wildman–Crippen MR) is 90.3 cm³/mol. The highest BCUT2D eigenvalue weighted by molar-refractivity contribution is 7.80. The Balaban J connectivity index is 2.22. The number of ether oxygens (including phenoxy) is 3. The topological polar surface area (TPSA) is 85.9 Å². The quantitative estimate of drug-likeness (QED) is 0.605. The molecule has 0 saturated heterocycles. The average molecular weight is 350 g/mol. The number of thiocarbonyl (C=S) groups is 1. The van der Waals surface area contributed by atoms with Crippen molar-refractivity contribution < 1.29 is 23.8 Å². The van der Waals surface area contributed by atoms with E-state index in [-0.39, 0.29) is 6.61 Å².